The normalized spacial score (nSPS) is 16.4. The molecule has 2 aromatic rings. The highest BCUT2D eigenvalue weighted by molar-refractivity contribution is 7.89. The summed E-state index contributed by atoms with van der Waals surface area (Å²) in [6.07, 6.45) is -4.53. The second kappa shape index (κ2) is 10.6. The molecule has 11 heteroatoms. The minimum absolute atomic E-state index is 0.0656. The van der Waals surface area contributed by atoms with Crippen LogP contribution in [0, 0.1) is 6.92 Å². The quantitative estimate of drug-likeness (QED) is 0.600. The van der Waals surface area contributed by atoms with Crippen molar-refractivity contribution in [2.24, 2.45) is 0 Å². The first-order valence-corrected chi connectivity index (χ1v) is 11.9. The Balaban J connectivity index is 1.70. The van der Waals surface area contributed by atoms with Gasteiger partial charge in [-0.05, 0) is 36.8 Å². The van der Waals surface area contributed by atoms with Crippen LogP contribution in [0.4, 0.5) is 13.2 Å². The number of nitrogens with zero attached hydrogens (tertiary/aromatic N) is 1. The Morgan fingerprint density at radius 1 is 1.12 bits per heavy atom. The van der Waals surface area contributed by atoms with Crippen LogP contribution in [0.25, 0.3) is 0 Å². The molecular formula is C22H26F3N3O4S. The van der Waals surface area contributed by atoms with E-state index < -0.39 is 28.7 Å². The van der Waals surface area contributed by atoms with Crippen LogP contribution in [-0.4, -0.2) is 64.8 Å². The summed E-state index contributed by atoms with van der Waals surface area (Å²) in [7, 11) is -3.91. The molecule has 2 N–H and O–H groups in total. The van der Waals surface area contributed by atoms with E-state index in [1.807, 2.05) is 31.2 Å². The zero-order chi connectivity index (χ0) is 24.1. The summed E-state index contributed by atoms with van der Waals surface area (Å²) in [6.45, 7) is 3.09. The molecule has 33 heavy (non-hydrogen) atoms. The molecule has 1 atom stereocenters. The zero-order valence-corrected chi connectivity index (χ0v) is 18.9. The monoisotopic (exact) mass is 485 g/mol. The molecule has 1 heterocycles. The van der Waals surface area contributed by atoms with Gasteiger partial charge in [0.2, 0.25) is 10.0 Å². The number of sulfonamides is 1. The fraction of sp³-hybridized carbons (Fsp3) is 0.409. The number of carbonyl (C=O) groups is 1. The first kappa shape index (κ1) is 25.2. The SMILES string of the molecule is Cc1cccc(C(CNS(=O)(=O)c2ccc(C(=O)NCC(F)(F)F)cc2)N2CCOCC2)c1. The van der Waals surface area contributed by atoms with Crippen molar-refractivity contribution in [3.05, 3.63) is 65.2 Å². The van der Waals surface area contributed by atoms with Gasteiger partial charge in [-0.2, -0.15) is 13.2 Å². The standard InChI is InChI=1S/C22H26F3N3O4S/c1-16-3-2-4-18(13-16)20(28-9-11-32-12-10-28)14-27-33(30,31)19-7-5-17(6-8-19)21(29)26-15-22(23,24)25/h2-8,13,20,27H,9-12,14-15H2,1H3,(H,26,29). The number of ether oxygens (including phenoxy) is 1. The number of morpholine rings is 1. The molecule has 180 valence electrons. The molecule has 0 spiro atoms. The molecule has 0 aliphatic carbocycles. The van der Waals surface area contributed by atoms with Gasteiger partial charge >= 0.3 is 6.18 Å². The maximum absolute atomic E-state index is 12.9. The largest absolute Gasteiger partial charge is 0.405 e. The van der Waals surface area contributed by atoms with E-state index in [0.717, 1.165) is 11.1 Å². The topological polar surface area (TPSA) is 87.7 Å². The number of aryl methyl sites for hydroxylation is 1. The predicted octanol–water partition coefficient (Wildman–Crippen LogP) is 2.64. The minimum atomic E-state index is -4.53. The third-order valence-corrected chi connectivity index (χ3v) is 6.70. The smallest absolute Gasteiger partial charge is 0.379 e. The van der Waals surface area contributed by atoms with Gasteiger partial charge in [0.25, 0.3) is 5.91 Å². The number of hydrogen-bond donors (Lipinski definition) is 2. The summed E-state index contributed by atoms with van der Waals surface area (Å²) in [5, 5.41) is 1.75. The highest BCUT2D eigenvalue weighted by Gasteiger charge is 2.28. The van der Waals surface area contributed by atoms with Crippen molar-refractivity contribution in [2.45, 2.75) is 24.0 Å². The number of halogens is 3. The minimum Gasteiger partial charge on any atom is -0.379 e. The van der Waals surface area contributed by atoms with Crippen LogP contribution in [0.15, 0.2) is 53.4 Å². The summed E-state index contributed by atoms with van der Waals surface area (Å²) >= 11 is 0. The van der Waals surface area contributed by atoms with E-state index in [0.29, 0.717) is 26.3 Å². The number of hydrogen-bond acceptors (Lipinski definition) is 5. The Hall–Kier alpha value is -2.47. The first-order chi connectivity index (χ1) is 15.5. The van der Waals surface area contributed by atoms with Gasteiger partial charge in [0.05, 0.1) is 18.1 Å². The van der Waals surface area contributed by atoms with E-state index in [2.05, 4.69) is 9.62 Å². The Bertz CT molecular complexity index is 1050. The number of rotatable bonds is 8. The highest BCUT2D eigenvalue weighted by atomic mass is 32.2. The van der Waals surface area contributed by atoms with Crippen molar-refractivity contribution in [1.29, 1.82) is 0 Å². The molecule has 1 aliphatic heterocycles. The lowest BCUT2D eigenvalue weighted by atomic mass is 10.0. The van der Waals surface area contributed by atoms with Gasteiger partial charge < -0.3 is 10.1 Å². The van der Waals surface area contributed by atoms with Crippen molar-refractivity contribution < 1.29 is 31.1 Å². The lowest BCUT2D eigenvalue weighted by Gasteiger charge is -2.35. The number of amides is 1. The molecule has 2 aromatic carbocycles. The summed E-state index contributed by atoms with van der Waals surface area (Å²) in [5.41, 5.74) is 1.98. The fourth-order valence-electron chi connectivity index (χ4n) is 3.56. The molecule has 0 bridgehead atoms. The molecule has 1 amide bonds. The lowest BCUT2D eigenvalue weighted by molar-refractivity contribution is -0.123. The maximum Gasteiger partial charge on any atom is 0.405 e. The van der Waals surface area contributed by atoms with Crippen LogP contribution in [0.2, 0.25) is 0 Å². The number of carbonyl (C=O) groups excluding carboxylic acids is 1. The molecule has 1 fully saturated rings. The Morgan fingerprint density at radius 2 is 1.79 bits per heavy atom. The van der Waals surface area contributed by atoms with Gasteiger partial charge in [-0.3, -0.25) is 9.69 Å². The third kappa shape index (κ3) is 7.26. The Kier molecular flexibility index (Phi) is 8.11. The van der Waals surface area contributed by atoms with Crippen molar-refractivity contribution >= 4 is 15.9 Å². The van der Waals surface area contributed by atoms with E-state index in [1.165, 1.54) is 24.3 Å². The van der Waals surface area contributed by atoms with Gasteiger partial charge in [0.1, 0.15) is 6.54 Å². The molecule has 7 nitrogen and oxygen atoms in total. The number of nitrogens with one attached hydrogen (secondary N) is 2. The lowest BCUT2D eigenvalue weighted by Crippen LogP contribution is -2.43. The summed E-state index contributed by atoms with van der Waals surface area (Å²) in [5.74, 6) is -0.934. The van der Waals surface area contributed by atoms with Crippen molar-refractivity contribution in [2.75, 3.05) is 39.4 Å². The van der Waals surface area contributed by atoms with Crippen LogP contribution < -0.4 is 10.0 Å². The van der Waals surface area contributed by atoms with E-state index >= 15 is 0 Å². The second-order valence-electron chi connectivity index (χ2n) is 7.75. The van der Waals surface area contributed by atoms with Gasteiger partial charge in [0.15, 0.2) is 0 Å². The van der Waals surface area contributed by atoms with Gasteiger partial charge in [-0.25, -0.2) is 13.1 Å². The fourth-order valence-corrected chi connectivity index (χ4v) is 4.60. The van der Waals surface area contributed by atoms with E-state index in [9.17, 15) is 26.4 Å². The zero-order valence-electron chi connectivity index (χ0n) is 18.1. The van der Waals surface area contributed by atoms with Crippen LogP contribution in [-0.2, 0) is 14.8 Å². The van der Waals surface area contributed by atoms with Gasteiger partial charge in [0, 0.05) is 31.2 Å². The molecule has 0 radical (unpaired) electrons. The Labute approximate surface area is 191 Å². The van der Waals surface area contributed by atoms with Crippen molar-refractivity contribution in [3.8, 4) is 0 Å². The summed E-state index contributed by atoms with van der Waals surface area (Å²) in [4.78, 5) is 13.9. The number of benzene rings is 2. The third-order valence-electron chi connectivity index (χ3n) is 5.26. The predicted molar refractivity (Wildman–Crippen MR) is 116 cm³/mol. The van der Waals surface area contributed by atoms with Crippen LogP contribution in [0.1, 0.15) is 27.5 Å². The highest BCUT2D eigenvalue weighted by Crippen LogP contribution is 2.23. The molecule has 0 saturated carbocycles. The summed E-state index contributed by atoms with van der Waals surface area (Å²) < 4.78 is 70.6. The number of alkyl halides is 3. The van der Waals surface area contributed by atoms with Gasteiger partial charge in [-0.15, -0.1) is 0 Å². The van der Waals surface area contributed by atoms with E-state index in [1.54, 1.807) is 5.32 Å². The molecule has 1 unspecified atom stereocenters. The molecule has 1 aliphatic rings. The van der Waals surface area contributed by atoms with Crippen molar-refractivity contribution in [1.82, 2.24) is 14.9 Å². The molecule has 0 aromatic heterocycles. The molecule has 3 rings (SSSR count). The second-order valence-corrected chi connectivity index (χ2v) is 9.52. The van der Waals surface area contributed by atoms with Gasteiger partial charge in [-0.1, -0.05) is 29.8 Å². The van der Waals surface area contributed by atoms with E-state index in [4.69, 9.17) is 4.74 Å². The average molecular weight is 486 g/mol. The maximum atomic E-state index is 12.9. The molecule has 1 saturated heterocycles. The Morgan fingerprint density at radius 3 is 2.39 bits per heavy atom. The first-order valence-electron chi connectivity index (χ1n) is 10.4. The van der Waals surface area contributed by atoms with Crippen molar-refractivity contribution in [3.63, 3.8) is 0 Å². The average Bonchev–Trinajstić information content (AvgIpc) is 2.78. The van der Waals surface area contributed by atoms with E-state index in [-0.39, 0.29) is 23.0 Å². The van der Waals surface area contributed by atoms with Crippen LogP contribution in [0.3, 0.4) is 0 Å². The van der Waals surface area contributed by atoms with Crippen LogP contribution in [0.5, 0.6) is 0 Å². The molecular weight excluding hydrogens is 459 g/mol. The van der Waals surface area contributed by atoms with Crippen LogP contribution >= 0.6 is 0 Å². The summed E-state index contributed by atoms with van der Waals surface area (Å²) in [6, 6.07) is 12.4.